The first-order chi connectivity index (χ1) is 7.63. The average molecular weight is 228 g/mol. The highest BCUT2D eigenvalue weighted by molar-refractivity contribution is 5.76. The smallest absolute Gasteiger partial charge is 0.309 e. The summed E-state index contributed by atoms with van der Waals surface area (Å²) in [4.78, 5) is 22.3. The van der Waals surface area contributed by atoms with E-state index in [1.165, 1.54) is 0 Å². The molecule has 0 spiro atoms. The van der Waals surface area contributed by atoms with Gasteiger partial charge in [-0.15, -0.1) is 0 Å². The lowest BCUT2D eigenvalue weighted by atomic mass is 10.1. The normalized spacial score (nSPS) is 22.4. The molecule has 0 radical (unpaired) electrons. The Hall–Kier alpha value is -1.10. The van der Waals surface area contributed by atoms with E-state index >= 15 is 0 Å². The van der Waals surface area contributed by atoms with Gasteiger partial charge in [-0.2, -0.15) is 0 Å². The Morgan fingerprint density at radius 2 is 2.44 bits per heavy atom. The highest BCUT2D eigenvalue weighted by atomic mass is 16.5. The first-order valence-corrected chi connectivity index (χ1v) is 5.80. The minimum absolute atomic E-state index is 0.108. The highest BCUT2D eigenvalue weighted by Gasteiger charge is 2.20. The van der Waals surface area contributed by atoms with Crippen molar-refractivity contribution >= 4 is 11.9 Å². The van der Waals surface area contributed by atoms with Crippen LogP contribution in [0.5, 0.6) is 0 Å². The van der Waals surface area contributed by atoms with E-state index in [2.05, 4.69) is 10.6 Å². The van der Waals surface area contributed by atoms with Gasteiger partial charge in [0.2, 0.25) is 5.91 Å². The fourth-order valence-corrected chi connectivity index (χ4v) is 1.62. The molecule has 1 aliphatic rings. The van der Waals surface area contributed by atoms with Crippen molar-refractivity contribution in [3.8, 4) is 0 Å². The van der Waals surface area contributed by atoms with E-state index < -0.39 is 0 Å². The van der Waals surface area contributed by atoms with Gasteiger partial charge in [-0.1, -0.05) is 6.92 Å². The van der Waals surface area contributed by atoms with Crippen LogP contribution in [0, 0.1) is 5.92 Å². The van der Waals surface area contributed by atoms with Crippen LogP contribution in [0.25, 0.3) is 0 Å². The van der Waals surface area contributed by atoms with E-state index in [-0.39, 0.29) is 23.8 Å². The Morgan fingerprint density at radius 3 is 3.00 bits per heavy atom. The fourth-order valence-electron chi connectivity index (χ4n) is 1.62. The molecular weight excluding hydrogens is 208 g/mol. The molecule has 0 aromatic carbocycles. The predicted octanol–water partition coefficient (Wildman–Crippen LogP) is 0.0538. The number of hydrogen-bond acceptors (Lipinski definition) is 4. The Kier molecular flexibility index (Phi) is 5.25. The molecule has 1 amide bonds. The van der Waals surface area contributed by atoms with Crippen molar-refractivity contribution in [1.29, 1.82) is 0 Å². The molecule has 2 atom stereocenters. The first kappa shape index (κ1) is 13.0. The van der Waals surface area contributed by atoms with Crippen molar-refractivity contribution in [3.63, 3.8) is 0 Å². The van der Waals surface area contributed by atoms with Crippen LogP contribution >= 0.6 is 0 Å². The van der Waals surface area contributed by atoms with Crippen molar-refractivity contribution in [2.75, 3.05) is 19.7 Å². The minimum Gasteiger partial charge on any atom is -0.466 e. The van der Waals surface area contributed by atoms with Crippen LogP contribution in [-0.4, -0.2) is 37.6 Å². The molecule has 1 fully saturated rings. The summed E-state index contributed by atoms with van der Waals surface area (Å²) in [5, 5.41) is 6.06. The lowest BCUT2D eigenvalue weighted by Gasteiger charge is -2.24. The molecule has 5 nitrogen and oxygen atoms in total. The number of rotatable bonds is 5. The topological polar surface area (TPSA) is 67.4 Å². The Balaban J connectivity index is 2.18. The summed E-state index contributed by atoms with van der Waals surface area (Å²) >= 11 is 0. The number of piperidine rings is 1. The van der Waals surface area contributed by atoms with E-state index in [9.17, 15) is 9.59 Å². The van der Waals surface area contributed by atoms with E-state index in [0.29, 0.717) is 26.1 Å². The van der Waals surface area contributed by atoms with E-state index in [4.69, 9.17) is 4.74 Å². The van der Waals surface area contributed by atoms with Crippen LogP contribution in [0.3, 0.4) is 0 Å². The predicted molar refractivity (Wildman–Crippen MR) is 59.8 cm³/mol. The zero-order chi connectivity index (χ0) is 12.0. The number of esters is 1. The van der Waals surface area contributed by atoms with Crippen molar-refractivity contribution in [2.24, 2.45) is 5.92 Å². The number of carbonyl (C=O) groups is 2. The number of hydrogen-bond donors (Lipinski definition) is 2. The molecule has 2 unspecified atom stereocenters. The summed E-state index contributed by atoms with van der Waals surface area (Å²) in [6, 6.07) is 0.273. The van der Waals surface area contributed by atoms with Gasteiger partial charge in [0.25, 0.3) is 0 Å². The SMILES string of the molecule is CCOC(=O)C(C)CNC1CCC(=O)NC1. The van der Waals surface area contributed by atoms with Gasteiger partial charge in [-0.3, -0.25) is 9.59 Å². The Bertz CT molecular complexity index is 246. The maximum atomic E-state index is 11.3. The van der Waals surface area contributed by atoms with Crippen molar-refractivity contribution in [2.45, 2.75) is 32.7 Å². The minimum atomic E-state index is -0.171. The first-order valence-electron chi connectivity index (χ1n) is 5.80. The van der Waals surface area contributed by atoms with Crippen LogP contribution < -0.4 is 10.6 Å². The van der Waals surface area contributed by atoms with Gasteiger partial charge in [0.15, 0.2) is 0 Å². The summed E-state index contributed by atoms with van der Waals surface area (Å²) in [5.74, 6) is -0.205. The molecule has 0 aromatic rings. The molecule has 5 heteroatoms. The van der Waals surface area contributed by atoms with Gasteiger partial charge in [-0.05, 0) is 13.3 Å². The number of ether oxygens (including phenoxy) is 1. The molecule has 2 N–H and O–H groups in total. The second-order valence-corrected chi connectivity index (χ2v) is 4.10. The van der Waals surface area contributed by atoms with Crippen LogP contribution in [0.2, 0.25) is 0 Å². The van der Waals surface area contributed by atoms with Gasteiger partial charge in [-0.25, -0.2) is 0 Å². The molecule has 1 saturated heterocycles. The Labute approximate surface area is 95.9 Å². The quantitative estimate of drug-likeness (QED) is 0.653. The fraction of sp³-hybridized carbons (Fsp3) is 0.818. The van der Waals surface area contributed by atoms with E-state index in [1.54, 1.807) is 6.92 Å². The average Bonchev–Trinajstić information content (AvgIpc) is 2.28. The highest BCUT2D eigenvalue weighted by Crippen LogP contribution is 2.04. The third kappa shape index (κ3) is 4.18. The lowest BCUT2D eigenvalue weighted by molar-refractivity contribution is -0.147. The van der Waals surface area contributed by atoms with Crippen molar-refractivity contribution in [1.82, 2.24) is 10.6 Å². The van der Waals surface area contributed by atoms with Crippen LogP contribution in [0.4, 0.5) is 0 Å². The standard InChI is InChI=1S/C11H20N2O3/c1-3-16-11(15)8(2)6-12-9-4-5-10(14)13-7-9/h8-9,12H,3-7H2,1-2H3,(H,13,14). The van der Waals surface area contributed by atoms with Gasteiger partial charge in [0, 0.05) is 25.6 Å². The molecule has 1 heterocycles. The summed E-state index contributed by atoms with van der Waals surface area (Å²) < 4.78 is 4.91. The zero-order valence-electron chi connectivity index (χ0n) is 9.91. The molecule has 16 heavy (non-hydrogen) atoms. The maximum absolute atomic E-state index is 11.3. The molecule has 0 bridgehead atoms. The monoisotopic (exact) mass is 228 g/mol. The Morgan fingerprint density at radius 1 is 1.69 bits per heavy atom. The summed E-state index contributed by atoms with van der Waals surface area (Å²) in [6.07, 6.45) is 1.40. The molecule has 1 aliphatic heterocycles. The van der Waals surface area contributed by atoms with Gasteiger partial charge in [0.05, 0.1) is 12.5 Å². The molecular formula is C11H20N2O3. The van der Waals surface area contributed by atoms with E-state index in [1.807, 2.05) is 6.92 Å². The van der Waals surface area contributed by atoms with Crippen LogP contribution in [-0.2, 0) is 14.3 Å². The summed E-state index contributed by atoms with van der Waals surface area (Å²) in [6.45, 7) is 5.30. The van der Waals surface area contributed by atoms with Crippen LogP contribution in [0.1, 0.15) is 26.7 Å². The molecule has 0 saturated carbocycles. The molecule has 92 valence electrons. The third-order valence-electron chi connectivity index (χ3n) is 2.67. The largest absolute Gasteiger partial charge is 0.466 e. The van der Waals surface area contributed by atoms with Gasteiger partial charge < -0.3 is 15.4 Å². The second-order valence-electron chi connectivity index (χ2n) is 4.10. The number of nitrogens with one attached hydrogen (secondary N) is 2. The van der Waals surface area contributed by atoms with Crippen molar-refractivity contribution < 1.29 is 14.3 Å². The van der Waals surface area contributed by atoms with Crippen molar-refractivity contribution in [3.05, 3.63) is 0 Å². The van der Waals surface area contributed by atoms with Crippen LogP contribution in [0.15, 0.2) is 0 Å². The number of carbonyl (C=O) groups excluding carboxylic acids is 2. The lowest BCUT2D eigenvalue weighted by Crippen LogP contribution is -2.47. The van der Waals surface area contributed by atoms with Gasteiger partial charge in [0.1, 0.15) is 0 Å². The molecule has 1 rings (SSSR count). The van der Waals surface area contributed by atoms with E-state index in [0.717, 1.165) is 6.42 Å². The zero-order valence-corrected chi connectivity index (χ0v) is 9.91. The van der Waals surface area contributed by atoms with Gasteiger partial charge >= 0.3 is 5.97 Å². The summed E-state index contributed by atoms with van der Waals surface area (Å²) in [5.41, 5.74) is 0. The third-order valence-corrected chi connectivity index (χ3v) is 2.67. The summed E-state index contributed by atoms with van der Waals surface area (Å²) in [7, 11) is 0. The number of amides is 1. The molecule has 0 aromatic heterocycles. The second kappa shape index (κ2) is 6.48. The molecule has 0 aliphatic carbocycles. The maximum Gasteiger partial charge on any atom is 0.309 e.